The zero-order valence-electron chi connectivity index (χ0n) is 17.8. The quantitative estimate of drug-likeness (QED) is 0.450. The Hall–Kier alpha value is -3.63. The highest BCUT2D eigenvalue weighted by Crippen LogP contribution is 2.32. The lowest BCUT2D eigenvalue weighted by Crippen LogP contribution is -2.42. The van der Waals surface area contributed by atoms with Crippen molar-refractivity contribution >= 4 is 52.1 Å². The number of halogens is 2. The normalized spacial score (nSPS) is 13.6. The SMILES string of the molecule is CNc1cc2c(cc1F)C(=O)N(c1ccc(C(=O)NC(Cc3ccc(Cl)s3)C(=O)O)cc1)CO2. The molecule has 1 unspecified atom stereocenters. The number of carboxylic acids is 1. The third-order valence-corrected chi connectivity index (χ3v) is 6.50. The molecule has 2 amide bonds. The molecule has 176 valence electrons. The largest absolute Gasteiger partial charge is 0.480 e. The van der Waals surface area contributed by atoms with Crippen molar-refractivity contribution < 1.29 is 28.6 Å². The van der Waals surface area contributed by atoms with Gasteiger partial charge in [-0.25, -0.2) is 9.18 Å². The fourth-order valence-corrected chi connectivity index (χ4v) is 4.59. The Morgan fingerprint density at radius 1 is 1.24 bits per heavy atom. The summed E-state index contributed by atoms with van der Waals surface area (Å²) in [6, 6.07) is 10.8. The van der Waals surface area contributed by atoms with Crippen molar-refractivity contribution in [1.82, 2.24) is 5.32 Å². The lowest BCUT2D eigenvalue weighted by Gasteiger charge is -2.29. The molecule has 0 saturated heterocycles. The van der Waals surface area contributed by atoms with Gasteiger partial charge < -0.3 is 20.5 Å². The fourth-order valence-electron chi connectivity index (χ4n) is 3.46. The van der Waals surface area contributed by atoms with Gasteiger partial charge in [0.25, 0.3) is 11.8 Å². The van der Waals surface area contributed by atoms with E-state index >= 15 is 0 Å². The summed E-state index contributed by atoms with van der Waals surface area (Å²) in [5.41, 5.74) is 0.961. The van der Waals surface area contributed by atoms with Gasteiger partial charge in [-0.1, -0.05) is 11.6 Å². The van der Waals surface area contributed by atoms with Gasteiger partial charge in [0, 0.05) is 35.7 Å². The van der Waals surface area contributed by atoms with Crippen LogP contribution in [0.3, 0.4) is 0 Å². The molecule has 0 bridgehead atoms. The maximum absolute atomic E-state index is 14.1. The molecule has 3 N–H and O–H groups in total. The molecule has 34 heavy (non-hydrogen) atoms. The molecule has 1 atom stereocenters. The van der Waals surface area contributed by atoms with E-state index in [2.05, 4.69) is 10.6 Å². The van der Waals surface area contributed by atoms with Crippen molar-refractivity contribution in [2.24, 2.45) is 0 Å². The Balaban J connectivity index is 1.47. The molecule has 0 aliphatic carbocycles. The zero-order valence-corrected chi connectivity index (χ0v) is 19.4. The van der Waals surface area contributed by atoms with E-state index in [9.17, 15) is 23.9 Å². The van der Waals surface area contributed by atoms with E-state index in [1.165, 1.54) is 46.6 Å². The van der Waals surface area contributed by atoms with E-state index in [4.69, 9.17) is 16.3 Å². The average Bonchev–Trinajstić information content (AvgIpc) is 3.23. The minimum atomic E-state index is -1.17. The molecule has 4 rings (SSSR count). The molecule has 3 aromatic rings. The summed E-state index contributed by atoms with van der Waals surface area (Å²) >= 11 is 7.14. The molecular weight excluding hydrogens is 485 g/mol. The van der Waals surface area contributed by atoms with Crippen molar-refractivity contribution in [3.63, 3.8) is 0 Å². The molecule has 8 nitrogen and oxygen atoms in total. The molecule has 1 aromatic heterocycles. The molecule has 1 aliphatic rings. The third kappa shape index (κ3) is 4.82. The number of nitrogens with one attached hydrogen (secondary N) is 2. The van der Waals surface area contributed by atoms with Crippen molar-refractivity contribution in [3.05, 3.63) is 74.7 Å². The van der Waals surface area contributed by atoms with Crippen LogP contribution in [-0.2, 0) is 11.2 Å². The van der Waals surface area contributed by atoms with Crippen LogP contribution in [0, 0.1) is 5.82 Å². The number of carbonyl (C=O) groups is 3. The van der Waals surface area contributed by atoms with E-state index in [1.54, 1.807) is 19.2 Å². The number of fused-ring (bicyclic) bond motifs is 1. The van der Waals surface area contributed by atoms with Gasteiger partial charge in [0.1, 0.15) is 17.6 Å². The van der Waals surface area contributed by atoms with Crippen LogP contribution in [0.15, 0.2) is 48.5 Å². The number of hydrogen-bond acceptors (Lipinski definition) is 6. The van der Waals surface area contributed by atoms with Gasteiger partial charge in [-0.3, -0.25) is 14.5 Å². The Morgan fingerprint density at radius 2 is 1.97 bits per heavy atom. The number of ether oxygens (including phenoxy) is 1. The van der Waals surface area contributed by atoms with Gasteiger partial charge in [-0.15, -0.1) is 11.3 Å². The van der Waals surface area contributed by atoms with E-state index in [0.29, 0.717) is 10.0 Å². The number of anilines is 2. The first-order valence-electron chi connectivity index (χ1n) is 10.1. The highest BCUT2D eigenvalue weighted by molar-refractivity contribution is 7.16. The van der Waals surface area contributed by atoms with Crippen LogP contribution in [0.5, 0.6) is 5.75 Å². The molecule has 1 aliphatic heterocycles. The molecule has 0 saturated carbocycles. The average molecular weight is 504 g/mol. The van der Waals surface area contributed by atoms with Crippen LogP contribution in [0.2, 0.25) is 4.34 Å². The summed E-state index contributed by atoms with van der Waals surface area (Å²) < 4.78 is 20.3. The number of thiophene rings is 1. The topological polar surface area (TPSA) is 108 Å². The second kappa shape index (κ2) is 9.70. The Morgan fingerprint density at radius 3 is 2.59 bits per heavy atom. The van der Waals surface area contributed by atoms with Crippen LogP contribution in [0.25, 0.3) is 0 Å². The minimum Gasteiger partial charge on any atom is -0.480 e. The molecule has 11 heteroatoms. The van der Waals surface area contributed by atoms with Crippen LogP contribution in [-0.4, -0.2) is 42.7 Å². The molecule has 0 radical (unpaired) electrons. The lowest BCUT2D eigenvalue weighted by atomic mass is 10.1. The standard InChI is InChI=1S/C23H19ClFN3O5S/c1-26-17-10-19-15(9-16(17)25)22(30)28(11-33-19)13-4-2-12(3-5-13)21(29)27-18(23(31)32)8-14-6-7-20(24)34-14/h2-7,9-10,18,26H,8,11H2,1H3,(H,27,29)(H,31,32). The van der Waals surface area contributed by atoms with Crippen LogP contribution >= 0.6 is 22.9 Å². The maximum Gasteiger partial charge on any atom is 0.326 e. The number of nitrogens with zero attached hydrogens (tertiary/aromatic N) is 1. The van der Waals surface area contributed by atoms with Gasteiger partial charge in [0.05, 0.1) is 15.6 Å². The summed E-state index contributed by atoms with van der Waals surface area (Å²) in [7, 11) is 1.57. The molecule has 2 aromatic carbocycles. The number of aliphatic carboxylic acids is 1. The zero-order chi connectivity index (χ0) is 24.4. The molecule has 2 heterocycles. The maximum atomic E-state index is 14.1. The van der Waals surface area contributed by atoms with E-state index in [0.717, 1.165) is 10.9 Å². The summed E-state index contributed by atoms with van der Waals surface area (Å²) in [5, 5.41) is 14.7. The second-order valence-corrected chi connectivity index (χ2v) is 9.21. The van der Waals surface area contributed by atoms with Crippen LogP contribution in [0.4, 0.5) is 15.8 Å². The number of carboxylic acid groups (broad SMARTS) is 1. The Kier molecular flexibility index (Phi) is 6.71. The number of amides is 2. The van der Waals surface area contributed by atoms with Crippen LogP contribution < -0.4 is 20.3 Å². The number of hydrogen-bond donors (Lipinski definition) is 3. The van der Waals surface area contributed by atoms with Crippen LogP contribution in [0.1, 0.15) is 25.6 Å². The highest BCUT2D eigenvalue weighted by atomic mass is 35.5. The van der Waals surface area contributed by atoms with E-state index < -0.39 is 29.6 Å². The second-order valence-electron chi connectivity index (χ2n) is 7.41. The van der Waals surface area contributed by atoms with Gasteiger partial charge in [0.2, 0.25) is 0 Å². The van der Waals surface area contributed by atoms with Gasteiger partial charge in [-0.2, -0.15) is 0 Å². The van der Waals surface area contributed by atoms with Crippen molar-refractivity contribution in [2.45, 2.75) is 12.5 Å². The number of carbonyl (C=O) groups excluding carboxylic acids is 2. The van der Waals surface area contributed by atoms with E-state index in [-0.39, 0.29) is 35.7 Å². The Bertz CT molecular complexity index is 1260. The lowest BCUT2D eigenvalue weighted by molar-refractivity contribution is -0.139. The summed E-state index contributed by atoms with van der Waals surface area (Å²) in [5.74, 6) is -2.49. The summed E-state index contributed by atoms with van der Waals surface area (Å²) in [4.78, 5) is 39.2. The smallest absolute Gasteiger partial charge is 0.326 e. The molecule has 0 spiro atoms. The van der Waals surface area contributed by atoms with Gasteiger partial charge in [-0.05, 0) is 42.5 Å². The third-order valence-electron chi connectivity index (χ3n) is 5.24. The molecular formula is C23H19ClFN3O5S. The number of benzene rings is 2. The first kappa shape index (κ1) is 23.5. The summed E-state index contributed by atoms with van der Waals surface area (Å²) in [6.07, 6.45) is 0.0986. The minimum absolute atomic E-state index is 0.0857. The fraction of sp³-hybridized carbons (Fsp3) is 0.174. The molecule has 0 fully saturated rings. The first-order chi connectivity index (χ1) is 16.3. The van der Waals surface area contributed by atoms with Crippen molar-refractivity contribution in [3.8, 4) is 5.75 Å². The highest BCUT2D eigenvalue weighted by Gasteiger charge is 2.29. The van der Waals surface area contributed by atoms with Gasteiger partial charge >= 0.3 is 5.97 Å². The number of rotatable bonds is 7. The first-order valence-corrected chi connectivity index (χ1v) is 11.3. The predicted molar refractivity (Wildman–Crippen MR) is 127 cm³/mol. The van der Waals surface area contributed by atoms with Gasteiger partial charge in [0.15, 0.2) is 6.73 Å². The van der Waals surface area contributed by atoms with Crippen molar-refractivity contribution in [1.29, 1.82) is 0 Å². The predicted octanol–water partition coefficient (Wildman–Crippen LogP) is 4.00. The monoisotopic (exact) mass is 503 g/mol. The van der Waals surface area contributed by atoms with Crippen molar-refractivity contribution in [2.75, 3.05) is 24.0 Å². The summed E-state index contributed by atoms with van der Waals surface area (Å²) in [6.45, 7) is -0.0867. The van der Waals surface area contributed by atoms with E-state index in [1.807, 2.05) is 0 Å². The Labute approximate surface area is 202 Å².